The predicted molar refractivity (Wildman–Crippen MR) is 66.0 cm³/mol. The fourth-order valence-corrected chi connectivity index (χ4v) is 2.36. The highest BCUT2D eigenvalue weighted by Gasteiger charge is 2.23. The fourth-order valence-electron chi connectivity index (χ4n) is 2.36. The SMILES string of the molecule is CC(=O)N(CCc1noc(C)n1)C1CCCNC1. The van der Waals surface area contributed by atoms with Gasteiger partial charge in [-0.05, 0) is 19.4 Å². The van der Waals surface area contributed by atoms with Gasteiger partial charge in [0.15, 0.2) is 5.82 Å². The summed E-state index contributed by atoms with van der Waals surface area (Å²) >= 11 is 0. The molecule has 1 amide bonds. The van der Waals surface area contributed by atoms with Crippen molar-refractivity contribution in [1.29, 1.82) is 0 Å². The normalized spacial score (nSPS) is 19.8. The molecule has 6 nitrogen and oxygen atoms in total. The van der Waals surface area contributed by atoms with Crippen LogP contribution in [-0.2, 0) is 11.2 Å². The minimum atomic E-state index is 0.115. The summed E-state index contributed by atoms with van der Waals surface area (Å²) in [5.41, 5.74) is 0. The van der Waals surface area contributed by atoms with Crippen LogP contribution in [0.15, 0.2) is 4.52 Å². The molecule has 1 atom stereocenters. The summed E-state index contributed by atoms with van der Waals surface area (Å²) in [6.07, 6.45) is 2.83. The predicted octanol–water partition coefficient (Wildman–Crippen LogP) is 0.521. The molecule has 1 aromatic heterocycles. The number of aromatic nitrogens is 2. The molecule has 18 heavy (non-hydrogen) atoms. The van der Waals surface area contributed by atoms with Crippen LogP contribution in [0.25, 0.3) is 0 Å². The summed E-state index contributed by atoms with van der Waals surface area (Å²) in [4.78, 5) is 17.8. The first kappa shape index (κ1) is 13.0. The van der Waals surface area contributed by atoms with E-state index in [1.54, 1.807) is 13.8 Å². The molecule has 1 aromatic rings. The molecule has 2 heterocycles. The van der Waals surface area contributed by atoms with Gasteiger partial charge in [-0.1, -0.05) is 5.16 Å². The Hall–Kier alpha value is -1.43. The number of aryl methyl sites for hydroxylation is 1. The van der Waals surface area contributed by atoms with Gasteiger partial charge in [0.1, 0.15) is 0 Å². The third-order valence-electron chi connectivity index (χ3n) is 3.26. The third-order valence-corrected chi connectivity index (χ3v) is 3.26. The second kappa shape index (κ2) is 5.95. The van der Waals surface area contributed by atoms with Gasteiger partial charge in [0, 0.05) is 39.4 Å². The Morgan fingerprint density at radius 3 is 3.00 bits per heavy atom. The van der Waals surface area contributed by atoms with Crippen molar-refractivity contribution < 1.29 is 9.32 Å². The van der Waals surface area contributed by atoms with Gasteiger partial charge in [-0.25, -0.2) is 0 Å². The van der Waals surface area contributed by atoms with E-state index in [0.717, 1.165) is 25.9 Å². The maximum Gasteiger partial charge on any atom is 0.223 e. The van der Waals surface area contributed by atoms with Gasteiger partial charge in [-0.3, -0.25) is 4.79 Å². The zero-order valence-electron chi connectivity index (χ0n) is 11.0. The van der Waals surface area contributed by atoms with Crippen LogP contribution in [0.4, 0.5) is 0 Å². The average Bonchev–Trinajstić information content (AvgIpc) is 2.76. The van der Waals surface area contributed by atoms with E-state index < -0.39 is 0 Å². The van der Waals surface area contributed by atoms with Crippen LogP contribution in [-0.4, -0.2) is 46.6 Å². The Bertz CT molecular complexity index is 399. The van der Waals surface area contributed by atoms with E-state index in [-0.39, 0.29) is 5.91 Å². The minimum absolute atomic E-state index is 0.115. The second-order valence-electron chi connectivity index (χ2n) is 4.69. The van der Waals surface area contributed by atoms with Crippen molar-refractivity contribution in [3.05, 3.63) is 11.7 Å². The van der Waals surface area contributed by atoms with Crippen molar-refractivity contribution in [1.82, 2.24) is 20.4 Å². The zero-order valence-corrected chi connectivity index (χ0v) is 11.0. The molecule has 1 fully saturated rings. The second-order valence-corrected chi connectivity index (χ2v) is 4.69. The summed E-state index contributed by atoms with van der Waals surface area (Å²) in [5, 5.41) is 7.18. The van der Waals surface area contributed by atoms with Gasteiger partial charge < -0.3 is 14.7 Å². The van der Waals surface area contributed by atoms with E-state index in [9.17, 15) is 4.79 Å². The number of hydrogen-bond donors (Lipinski definition) is 1. The molecule has 1 aliphatic rings. The first-order valence-electron chi connectivity index (χ1n) is 6.44. The standard InChI is InChI=1S/C12H20N4O2/c1-9-14-12(15-18-9)5-7-16(10(2)17)11-4-3-6-13-8-11/h11,13H,3-8H2,1-2H3. The number of rotatable bonds is 4. The van der Waals surface area contributed by atoms with Gasteiger partial charge in [0.25, 0.3) is 0 Å². The van der Waals surface area contributed by atoms with Gasteiger partial charge in [-0.15, -0.1) is 0 Å². The van der Waals surface area contributed by atoms with Crippen LogP contribution in [0.3, 0.4) is 0 Å². The molecule has 0 spiro atoms. The monoisotopic (exact) mass is 252 g/mol. The summed E-state index contributed by atoms with van der Waals surface area (Å²) in [5.74, 6) is 1.35. The molecule has 6 heteroatoms. The lowest BCUT2D eigenvalue weighted by atomic mass is 10.1. The molecule has 100 valence electrons. The molecule has 1 saturated heterocycles. The largest absolute Gasteiger partial charge is 0.340 e. The van der Waals surface area contributed by atoms with Crippen LogP contribution in [0.1, 0.15) is 31.5 Å². The molecule has 0 aliphatic carbocycles. The van der Waals surface area contributed by atoms with E-state index in [4.69, 9.17) is 4.52 Å². The van der Waals surface area contributed by atoms with Gasteiger partial charge >= 0.3 is 0 Å². The number of nitrogens with one attached hydrogen (secondary N) is 1. The summed E-state index contributed by atoms with van der Waals surface area (Å²) in [6, 6.07) is 0.296. The minimum Gasteiger partial charge on any atom is -0.340 e. The summed E-state index contributed by atoms with van der Waals surface area (Å²) < 4.78 is 4.93. The van der Waals surface area contributed by atoms with Crippen LogP contribution in [0.5, 0.6) is 0 Å². The van der Waals surface area contributed by atoms with Crippen molar-refractivity contribution in [2.24, 2.45) is 0 Å². The summed E-state index contributed by atoms with van der Waals surface area (Å²) in [7, 11) is 0. The zero-order chi connectivity index (χ0) is 13.0. The molecule has 0 aromatic carbocycles. The van der Waals surface area contributed by atoms with E-state index in [0.29, 0.717) is 30.7 Å². The Morgan fingerprint density at radius 2 is 2.44 bits per heavy atom. The number of amides is 1. The number of nitrogens with zero attached hydrogens (tertiary/aromatic N) is 3. The Kier molecular flexibility index (Phi) is 4.30. The van der Waals surface area contributed by atoms with Crippen molar-refractivity contribution in [3.8, 4) is 0 Å². The lowest BCUT2D eigenvalue weighted by Crippen LogP contribution is -2.48. The fraction of sp³-hybridized carbons (Fsp3) is 0.750. The van der Waals surface area contributed by atoms with Crippen LogP contribution >= 0.6 is 0 Å². The molecule has 1 aliphatic heterocycles. The summed E-state index contributed by atoms with van der Waals surface area (Å²) in [6.45, 7) is 5.97. The quantitative estimate of drug-likeness (QED) is 0.846. The highest BCUT2D eigenvalue weighted by atomic mass is 16.5. The van der Waals surface area contributed by atoms with Gasteiger partial charge in [-0.2, -0.15) is 4.98 Å². The van der Waals surface area contributed by atoms with Gasteiger partial charge in [0.05, 0.1) is 0 Å². The molecule has 1 unspecified atom stereocenters. The van der Waals surface area contributed by atoms with Crippen molar-refractivity contribution >= 4 is 5.91 Å². The third kappa shape index (κ3) is 3.29. The molecule has 0 saturated carbocycles. The smallest absolute Gasteiger partial charge is 0.223 e. The molecule has 0 radical (unpaired) electrons. The Balaban J connectivity index is 1.91. The highest BCUT2D eigenvalue weighted by molar-refractivity contribution is 5.73. The van der Waals surface area contributed by atoms with Crippen molar-refractivity contribution in [2.75, 3.05) is 19.6 Å². The van der Waals surface area contributed by atoms with E-state index in [1.165, 1.54) is 0 Å². The molecular weight excluding hydrogens is 232 g/mol. The molecular formula is C12H20N4O2. The van der Waals surface area contributed by atoms with Gasteiger partial charge in [0.2, 0.25) is 11.8 Å². The lowest BCUT2D eigenvalue weighted by molar-refractivity contribution is -0.131. The molecule has 2 rings (SSSR count). The maximum atomic E-state index is 11.7. The van der Waals surface area contributed by atoms with E-state index >= 15 is 0 Å². The average molecular weight is 252 g/mol. The van der Waals surface area contributed by atoms with E-state index in [1.807, 2.05) is 4.90 Å². The lowest BCUT2D eigenvalue weighted by Gasteiger charge is -2.33. The Morgan fingerprint density at radius 1 is 1.61 bits per heavy atom. The Labute approximate surface area is 107 Å². The van der Waals surface area contributed by atoms with Crippen LogP contribution in [0.2, 0.25) is 0 Å². The van der Waals surface area contributed by atoms with Crippen molar-refractivity contribution in [3.63, 3.8) is 0 Å². The first-order valence-corrected chi connectivity index (χ1v) is 6.44. The van der Waals surface area contributed by atoms with Crippen LogP contribution in [0, 0.1) is 6.92 Å². The highest BCUT2D eigenvalue weighted by Crippen LogP contribution is 2.11. The van der Waals surface area contributed by atoms with E-state index in [2.05, 4.69) is 15.5 Å². The number of hydrogen-bond acceptors (Lipinski definition) is 5. The maximum absolute atomic E-state index is 11.7. The topological polar surface area (TPSA) is 71.3 Å². The van der Waals surface area contributed by atoms with Crippen LogP contribution < -0.4 is 5.32 Å². The van der Waals surface area contributed by atoms with Crippen molar-refractivity contribution in [2.45, 2.75) is 39.2 Å². The molecule has 1 N–H and O–H groups in total. The first-order chi connectivity index (χ1) is 8.66. The number of carbonyl (C=O) groups is 1. The number of piperidine rings is 1. The molecule has 0 bridgehead atoms. The number of carbonyl (C=O) groups excluding carboxylic acids is 1.